The quantitative estimate of drug-likeness (QED) is 0.717. The van der Waals surface area contributed by atoms with Crippen molar-refractivity contribution >= 4 is 39.1 Å². The molecule has 0 aromatic carbocycles. The molecule has 0 radical (unpaired) electrons. The van der Waals surface area contributed by atoms with Gasteiger partial charge in [-0.15, -0.1) is 11.3 Å². The molecule has 0 N–H and O–H groups in total. The third-order valence-corrected chi connectivity index (χ3v) is 5.78. The molecular formula is C16H17N7OS. The van der Waals surface area contributed by atoms with Crippen molar-refractivity contribution in [2.45, 2.75) is 6.04 Å². The van der Waals surface area contributed by atoms with Crippen molar-refractivity contribution in [3.05, 3.63) is 30.2 Å². The number of carbonyl (C=O) groups is 1. The van der Waals surface area contributed by atoms with E-state index < -0.39 is 0 Å². The monoisotopic (exact) mass is 355 g/mol. The summed E-state index contributed by atoms with van der Waals surface area (Å²) in [4.78, 5) is 26.6. The van der Waals surface area contributed by atoms with E-state index >= 15 is 0 Å². The van der Waals surface area contributed by atoms with Gasteiger partial charge in [0.15, 0.2) is 0 Å². The zero-order chi connectivity index (χ0) is 17.0. The lowest BCUT2D eigenvalue weighted by Gasteiger charge is -2.40. The maximum absolute atomic E-state index is 12.1. The third-order valence-electron chi connectivity index (χ3n) is 4.88. The van der Waals surface area contributed by atoms with E-state index in [0.29, 0.717) is 6.04 Å². The van der Waals surface area contributed by atoms with Gasteiger partial charge in [0.05, 0.1) is 28.1 Å². The maximum Gasteiger partial charge on any atom is 0.324 e. The van der Waals surface area contributed by atoms with E-state index in [-0.39, 0.29) is 6.03 Å². The summed E-state index contributed by atoms with van der Waals surface area (Å²) in [6.07, 6.45) is 5.38. The van der Waals surface area contributed by atoms with Crippen molar-refractivity contribution in [3.8, 4) is 0 Å². The first-order valence-electron chi connectivity index (χ1n) is 8.20. The lowest BCUT2D eigenvalue weighted by molar-refractivity contribution is 0.229. The lowest BCUT2D eigenvalue weighted by Crippen LogP contribution is -2.48. The van der Waals surface area contributed by atoms with Gasteiger partial charge >= 0.3 is 6.03 Å². The topological polar surface area (TPSA) is 70.4 Å². The summed E-state index contributed by atoms with van der Waals surface area (Å²) in [5.74, 6) is 1.000. The van der Waals surface area contributed by atoms with E-state index in [4.69, 9.17) is 0 Å². The highest BCUT2D eigenvalue weighted by molar-refractivity contribution is 7.17. The first-order valence-corrected chi connectivity index (χ1v) is 9.08. The summed E-state index contributed by atoms with van der Waals surface area (Å²) < 4.78 is 3.09. The molecule has 8 nitrogen and oxygen atoms in total. The number of anilines is 2. The Morgan fingerprint density at radius 1 is 1.24 bits per heavy atom. The highest BCUT2D eigenvalue weighted by Crippen LogP contribution is 2.34. The number of rotatable bonds is 3. The summed E-state index contributed by atoms with van der Waals surface area (Å²) in [6.45, 7) is 3.19. The number of aromatic nitrogens is 4. The van der Waals surface area contributed by atoms with Crippen molar-refractivity contribution in [2.24, 2.45) is 0 Å². The van der Waals surface area contributed by atoms with Crippen LogP contribution in [0.3, 0.4) is 0 Å². The summed E-state index contributed by atoms with van der Waals surface area (Å²) >= 11 is 1.67. The van der Waals surface area contributed by atoms with E-state index in [1.807, 2.05) is 29.4 Å². The van der Waals surface area contributed by atoms with Crippen molar-refractivity contribution in [1.82, 2.24) is 24.6 Å². The fourth-order valence-electron chi connectivity index (χ4n) is 3.35. The molecule has 5 heterocycles. The van der Waals surface area contributed by atoms with E-state index in [1.54, 1.807) is 33.7 Å². The Hall–Kier alpha value is -2.68. The number of carbonyl (C=O) groups excluding carboxylic acids is 1. The molecule has 0 bridgehead atoms. The molecule has 25 heavy (non-hydrogen) atoms. The minimum absolute atomic E-state index is 0.0378. The van der Waals surface area contributed by atoms with Crippen molar-refractivity contribution in [3.63, 3.8) is 0 Å². The van der Waals surface area contributed by atoms with Gasteiger partial charge in [0.25, 0.3) is 0 Å². The third kappa shape index (κ3) is 2.26. The van der Waals surface area contributed by atoms with Crippen molar-refractivity contribution in [2.75, 3.05) is 43.0 Å². The fourth-order valence-corrected chi connectivity index (χ4v) is 4.21. The molecule has 2 aliphatic rings. The van der Waals surface area contributed by atoms with Gasteiger partial charge in [-0.3, -0.25) is 9.58 Å². The Kier molecular flexibility index (Phi) is 3.17. The molecule has 0 aliphatic carbocycles. The van der Waals surface area contributed by atoms with Crippen LogP contribution in [-0.2, 0) is 0 Å². The number of thiophene rings is 1. The minimum atomic E-state index is 0.0378. The molecule has 0 atom stereocenters. The minimum Gasteiger partial charge on any atom is -0.351 e. The van der Waals surface area contributed by atoms with Crippen LogP contribution in [0.5, 0.6) is 0 Å². The second kappa shape index (κ2) is 5.41. The average Bonchev–Trinajstić information content (AvgIpc) is 3.28. The Labute approximate surface area is 148 Å². The first kappa shape index (κ1) is 14.6. The van der Waals surface area contributed by atoms with Crippen molar-refractivity contribution < 1.29 is 4.79 Å². The van der Waals surface area contributed by atoms with Gasteiger partial charge < -0.3 is 9.80 Å². The van der Waals surface area contributed by atoms with Crippen LogP contribution in [0.1, 0.15) is 6.04 Å². The molecule has 0 spiro atoms. The molecular weight excluding hydrogens is 338 g/mol. The van der Waals surface area contributed by atoms with Gasteiger partial charge in [0.2, 0.25) is 0 Å². The van der Waals surface area contributed by atoms with Gasteiger partial charge in [-0.05, 0) is 11.4 Å². The largest absolute Gasteiger partial charge is 0.351 e. The summed E-state index contributed by atoms with van der Waals surface area (Å²) in [6, 6.07) is 2.36. The molecule has 0 saturated carbocycles. The molecule has 2 fully saturated rings. The zero-order valence-corrected chi connectivity index (χ0v) is 14.6. The Bertz CT molecular complexity index is 945. The number of likely N-dealkylation sites (N-methyl/N-ethyl adjacent to an activating group) is 1. The second-order valence-corrected chi connectivity index (χ2v) is 7.34. The second-order valence-electron chi connectivity index (χ2n) is 6.43. The van der Waals surface area contributed by atoms with Crippen LogP contribution >= 0.6 is 11.3 Å². The predicted octanol–water partition coefficient (Wildman–Crippen LogP) is 1.82. The van der Waals surface area contributed by atoms with Crippen molar-refractivity contribution in [1.29, 1.82) is 0 Å². The molecule has 9 heteroatoms. The number of urea groups is 1. The standard InChI is InChI=1S/C16H17N7OS/c1-20-3-4-22(16(20)24)11-6-19-23(9-11)12-7-21(8-12)15-14-13(2-5-25-14)17-10-18-15/h2,5-6,9-10,12H,3-4,7-8H2,1H3. The molecule has 2 aliphatic heterocycles. The Morgan fingerprint density at radius 3 is 2.92 bits per heavy atom. The Balaban J connectivity index is 1.31. The number of fused-ring (bicyclic) bond motifs is 1. The highest BCUT2D eigenvalue weighted by Gasteiger charge is 2.33. The number of hydrogen-bond donors (Lipinski definition) is 0. The van der Waals surface area contributed by atoms with Gasteiger partial charge in [-0.25, -0.2) is 14.8 Å². The van der Waals surface area contributed by atoms with Crippen LogP contribution in [-0.4, -0.2) is 63.9 Å². The van der Waals surface area contributed by atoms with Crippen LogP contribution < -0.4 is 9.80 Å². The SMILES string of the molecule is CN1CCN(c2cnn(C3CN(c4ncnc5ccsc45)C3)c2)C1=O. The summed E-state index contributed by atoms with van der Waals surface area (Å²) in [7, 11) is 1.82. The lowest BCUT2D eigenvalue weighted by atomic mass is 10.1. The van der Waals surface area contributed by atoms with Crippen LogP contribution in [0.4, 0.5) is 16.3 Å². The van der Waals surface area contributed by atoms with Crippen LogP contribution in [0, 0.1) is 0 Å². The fraction of sp³-hybridized carbons (Fsp3) is 0.375. The molecule has 2 saturated heterocycles. The van der Waals surface area contributed by atoms with E-state index in [2.05, 4.69) is 20.0 Å². The normalized spacial score (nSPS) is 18.4. The first-order chi connectivity index (χ1) is 12.2. The Morgan fingerprint density at radius 2 is 2.12 bits per heavy atom. The molecule has 5 rings (SSSR count). The molecule has 0 unspecified atom stereocenters. The summed E-state index contributed by atoms with van der Waals surface area (Å²) in [5.41, 5.74) is 1.87. The highest BCUT2D eigenvalue weighted by atomic mass is 32.1. The maximum atomic E-state index is 12.1. The predicted molar refractivity (Wildman–Crippen MR) is 96.3 cm³/mol. The van der Waals surface area contributed by atoms with Gasteiger partial charge in [-0.2, -0.15) is 5.10 Å². The molecule has 3 aromatic rings. The number of hydrogen-bond acceptors (Lipinski definition) is 6. The zero-order valence-electron chi connectivity index (χ0n) is 13.7. The van der Waals surface area contributed by atoms with Gasteiger partial charge in [0.1, 0.15) is 12.1 Å². The molecule has 2 amide bonds. The van der Waals surface area contributed by atoms with Crippen LogP contribution in [0.15, 0.2) is 30.2 Å². The van der Waals surface area contributed by atoms with Gasteiger partial charge in [-0.1, -0.05) is 0 Å². The van der Waals surface area contributed by atoms with E-state index in [9.17, 15) is 4.79 Å². The molecule has 3 aromatic heterocycles. The van der Waals surface area contributed by atoms with E-state index in [0.717, 1.165) is 47.9 Å². The summed E-state index contributed by atoms with van der Waals surface area (Å²) in [5, 5.41) is 6.52. The van der Waals surface area contributed by atoms with E-state index in [1.165, 1.54) is 0 Å². The average molecular weight is 355 g/mol. The smallest absolute Gasteiger partial charge is 0.324 e. The van der Waals surface area contributed by atoms with Crippen LogP contribution in [0.25, 0.3) is 10.2 Å². The van der Waals surface area contributed by atoms with Crippen LogP contribution in [0.2, 0.25) is 0 Å². The number of amides is 2. The number of nitrogens with zero attached hydrogens (tertiary/aromatic N) is 7. The van der Waals surface area contributed by atoms with Gasteiger partial charge in [0, 0.05) is 39.4 Å². The molecule has 128 valence electrons.